The van der Waals surface area contributed by atoms with Crippen LogP contribution in [0.15, 0.2) is 77.8 Å². The van der Waals surface area contributed by atoms with Crippen molar-refractivity contribution in [2.75, 3.05) is 7.11 Å². The summed E-state index contributed by atoms with van der Waals surface area (Å²) in [6.07, 6.45) is 5.46. The third-order valence-corrected chi connectivity index (χ3v) is 9.66. The van der Waals surface area contributed by atoms with Crippen molar-refractivity contribution in [2.24, 2.45) is 0 Å². The molecule has 0 saturated carbocycles. The van der Waals surface area contributed by atoms with Crippen LogP contribution in [0.5, 0.6) is 5.75 Å². The van der Waals surface area contributed by atoms with E-state index in [1.807, 2.05) is 75.1 Å². The number of benzene rings is 2. The summed E-state index contributed by atoms with van der Waals surface area (Å²) in [5.41, 5.74) is 3.82. The molecule has 6 rings (SSSR count). The van der Waals surface area contributed by atoms with Gasteiger partial charge in [0.05, 0.1) is 23.7 Å². The van der Waals surface area contributed by atoms with Crippen molar-refractivity contribution in [1.29, 1.82) is 0 Å². The number of para-hydroxylation sites is 1. The molecule has 1 amide bonds. The van der Waals surface area contributed by atoms with Gasteiger partial charge in [-0.1, -0.05) is 42.0 Å². The van der Waals surface area contributed by atoms with Crippen LogP contribution in [0.2, 0.25) is 0 Å². The Morgan fingerprint density at radius 2 is 1.74 bits per heavy atom. The van der Waals surface area contributed by atoms with E-state index in [0.29, 0.717) is 28.9 Å². The van der Waals surface area contributed by atoms with E-state index in [2.05, 4.69) is 4.98 Å². The highest BCUT2D eigenvalue weighted by Crippen LogP contribution is 2.43. The van der Waals surface area contributed by atoms with E-state index in [-0.39, 0.29) is 23.1 Å². The number of carbonyl (C=O) groups is 1. The first-order chi connectivity index (χ1) is 20.0. The van der Waals surface area contributed by atoms with E-state index in [1.165, 1.54) is 3.97 Å². The van der Waals surface area contributed by atoms with Crippen LogP contribution in [-0.4, -0.2) is 53.2 Å². The fraction of sp³-hybridized carbons (Fsp3) is 0.333. The molecule has 4 heterocycles. The minimum absolute atomic E-state index is 0.0833. The lowest BCUT2D eigenvalue weighted by Crippen LogP contribution is -2.45. The topological polar surface area (TPSA) is 90.7 Å². The van der Waals surface area contributed by atoms with Crippen LogP contribution >= 0.6 is 0 Å². The van der Waals surface area contributed by atoms with E-state index >= 15 is 0 Å². The lowest BCUT2D eigenvalue weighted by Gasteiger charge is -2.35. The van der Waals surface area contributed by atoms with Crippen LogP contribution in [0.4, 0.5) is 4.79 Å². The Morgan fingerprint density at radius 3 is 2.43 bits per heavy atom. The highest BCUT2D eigenvalue weighted by molar-refractivity contribution is 7.90. The molecule has 1 fully saturated rings. The van der Waals surface area contributed by atoms with Crippen LogP contribution in [0, 0.1) is 6.92 Å². The first-order valence-electron chi connectivity index (χ1n) is 14.2. The molecule has 0 spiro atoms. The van der Waals surface area contributed by atoms with Gasteiger partial charge in [-0.3, -0.25) is 4.90 Å². The molecule has 2 unspecified atom stereocenters. The number of aromatic nitrogens is 2. The van der Waals surface area contributed by atoms with E-state index in [4.69, 9.17) is 9.47 Å². The van der Waals surface area contributed by atoms with Crippen molar-refractivity contribution in [1.82, 2.24) is 13.9 Å². The van der Waals surface area contributed by atoms with Gasteiger partial charge < -0.3 is 9.47 Å². The minimum atomic E-state index is -4.03. The van der Waals surface area contributed by atoms with Gasteiger partial charge in [-0.05, 0) is 88.4 Å². The van der Waals surface area contributed by atoms with Gasteiger partial charge in [0.1, 0.15) is 11.4 Å². The number of hydrogen-bond acceptors (Lipinski definition) is 6. The Bertz CT molecular complexity index is 1820. The summed E-state index contributed by atoms with van der Waals surface area (Å²) in [6.45, 7) is 7.50. The first kappa shape index (κ1) is 28.0. The van der Waals surface area contributed by atoms with Crippen molar-refractivity contribution in [2.45, 2.75) is 69.5 Å². The zero-order valence-electron chi connectivity index (χ0n) is 24.5. The molecule has 1 saturated heterocycles. The fourth-order valence-corrected chi connectivity index (χ4v) is 7.57. The maximum Gasteiger partial charge on any atom is 0.411 e. The molecule has 0 N–H and O–H groups in total. The molecule has 42 heavy (non-hydrogen) atoms. The molecule has 2 bridgehead atoms. The van der Waals surface area contributed by atoms with Gasteiger partial charge in [-0.25, -0.2) is 22.2 Å². The van der Waals surface area contributed by atoms with Crippen LogP contribution in [-0.2, 0) is 14.8 Å². The first-order valence-corrected chi connectivity index (χ1v) is 15.6. The lowest BCUT2D eigenvalue weighted by molar-refractivity contribution is 0.0175. The normalized spacial score (nSPS) is 18.7. The van der Waals surface area contributed by atoms with E-state index < -0.39 is 15.6 Å². The minimum Gasteiger partial charge on any atom is -0.496 e. The Hall–Kier alpha value is -4.11. The average molecular weight is 586 g/mol. The molecule has 0 radical (unpaired) electrons. The third-order valence-electron chi connectivity index (χ3n) is 7.95. The second kappa shape index (κ2) is 10.3. The third kappa shape index (κ3) is 4.85. The molecule has 8 nitrogen and oxygen atoms in total. The molecule has 2 aliphatic rings. The summed E-state index contributed by atoms with van der Waals surface area (Å²) >= 11 is 0. The smallest absolute Gasteiger partial charge is 0.411 e. The largest absolute Gasteiger partial charge is 0.496 e. The SMILES string of the molecule is COc1ccccc1-c1ccnc2c1cc(C1=CC3CCC(C1)N3C(=O)OC(C)(C)C)n2S(=O)(=O)c1ccc(C)cc1. The number of ether oxygens (including phenoxy) is 2. The Balaban J connectivity index is 1.55. The second-order valence-corrected chi connectivity index (χ2v) is 13.8. The molecule has 2 aliphatic heterocycles. The van der Waals surface area contributed by atoms with Crippen LogP contribution in [0.1, 0.15) is 51.3 Å². The highest BCUT2D eigenvalue weighted by Gasteiger charge is 2.43. The zero-order chi connectivity index (χ0) is 29.8. The van der Waals surface area contributed by atoms with Crippen molar-refractivity contribution in [3.05, 3.63) is 84.2 Å². The quantitative estimate of drug-likeness (QED) is 0.256. The molecule has 2 aromatic heterocycles. The van der Waals surface area contributed by atoms with Crippen LogP contribution < -0.4 is 4.74 Å². The number of hydrogen-bond donors (Lipinski definition) is 0. The molecular formula is C33H35N3O5S. The van der Waals surface area contributed by atoms with Crippen LogP contribution in [0.3, 0.4) is 0 Å². The monoisotopic (exact) mass is 585 g/mol. The summed E-state index contributed by atoms with van der Waals surface area (Å²) in [6, 6.07) is 18.1. The van der Waals surface area contributed by atoms with E-state index in [9.17, 15) is 13.2 Å². The molecule has 2 aromatic carbocycles. The number of methoxy groups -OCH3 is 1. The van der Waals surface area contributed by atoms with Gasteiger partial charge in [0, 0.05) is 23.2 Å². The molecule has 9 heteroatoms. The summed E-state index contributed by atoms with van der Waals surface area (Å²) in [5, 5.41) is 0.704. The Labute approximate surface area is 246 Å². The van der Waals surface area contributed by atoms with Crippen molar-refractivity contribution >= 4 is 32.7 Å². The number of amides is 1. The molecular weight excluding hydrogens is 550 g/mol. The van der Waals surface area contributed by atoms with Crippen molar-refractivity contribution in [3.8, 4) is 16.9 Å². The number of nitrogens with zero attached hydrogens (tertiary/aromatic N) is 3. The number of pyridine rings is 1. The summed E-state index contributed by atoms with van der Waals surface area (Å²) in [4.78, 5) is 19.7. The summed E-state index contributed by atoms with van der Waals surface area (Å²) in [5.74, 6) is 0.684. The molecule has 0 aliphatic carbocycles. The summed E-state index contributed by atoms with van der Waals surface area (Å²) < 4.78 is 41.4. The number of rotatable bonds is 5. The van der Waals surface area contributed by atoms with Crippen LogP contribution in [0.25, 0.3) is 27.7 Å². The second-order valence-electron chi connectivity index (χ2n) is 12.0. The standard InChI is InChI=1S/C33H35N3O5S/c1-21-10-14-25(15-11-21)42(38,39)36-29(22-18-23-12-13-24(19-22)35(23)32(37)41-33(2,3)4)20-28-26(16-17-34-31(28)36)27-8-6-7-9-30(27)40-5/h6-11,14-18,20,23-24H,12-13,19H2,1-5H3. The maximum absolute atomic E-state index is 14.3. The number of fused-ring (bicyclic) bond motifs is 3. The molecule has 4 aromatic rings. The Morgan fingerprint density at radius 1 is 1.00 bits per heavy atom. The average Bonchev–Trinajstić information content (AvgIpc) is 3.47. The van der Waals surface area contributed by atoms with Gasteiger partial charge in [-0.2, -0.15) is 0 Å². The molecule has 218 valence electrons. The van der Waals surface area contributed by atoms with Gasteiger partial charge in [0.15, 0.2) is 5.65 Å². The predicted octanol–water partition coefficient (Wildman–Crippen LogP) is 6.81. The van der Waals surface area contributed by atoms with Gasteiger partial charge in [-0.15, -0.1) is 0 Å². The fourth-order valence-electron chi connectivity index (χ4n) is 6.08. The van der Waals surface area contributed by atoms with Crippen molar-refractivity contribution in [3.63, 3.8) is 0 Å². The number of carbonyl (C=O) groups excluding carboxylic acids is 1. The van der Waals surface area contributed by atoms with Crippen molar-refractivity contribution < 1.29 is 22.7 Å². The van der Waals surface area contributed by atoms with E-state index in [1.54, 1.807) is 37.6 Å². The maximum atomic E-state index is 14.3. The summed E-state index contributed by atoms with van der Waals surface area (Å²) in [7, 11) is -2.41. The number of aryl methyl sites for hydroxylation is 1. The van der Waals surface area contributed by atoms with E-state index in [0.717, 1.165) is 35.1 Å². The highest BCUT2D eigenvalue weighted by atomic mass is 32.2. The van der Waals surface area contributed by atoms with Gasteiger partial charge >= 0.3 is 6.09 Å². The molecule has 2 atom stereocenters. The van der Waals surface area contributed by atoms with Gasteiger partial charge in [0.2, 0.25) is 0 Å². The van der Waals surface area contributed by atoms with Gasteiger partial charge in [0.25, 0.3) is 10.0 Å². The Kier molecular flexibility index (Phi) is 6.88. The zero-order valence-corrected chi connectivity index (χ0v) is 25.3. The predicted molar refractivity (Wildman–Crippen MR) is 163 cm³/mol. The lowest BCUT2D eigenvalue weighted by atomic mass is 9.98.